The average molecular weight is 369 g/mol. The van der Waals surface area contributed by atoms with Gasteiger partial charge in [-0.25, -0.2) is 4.98 Å². The van der Waals surface area contributed by atoms with E-state index in [1.165, 1.54) is 6.20 Å². The van der Waals surface area contributed by atoms with E-state index in [1.807, 2.05) is 60.7 Å². The summed E-state index contributed by atoms with van der Waals surface area (Å²) < 4.78 is 6.18. The zero-order valence-corrected chi connectivity index (χ0v) is 15.2. The molecule has 0 saturated heterocycles. The second-order valence-electron chi connectivity index (χ2n) is 6.38. The zero-order chi connectivity index (χ0) is 19.3. The molecule has 2 N–H and O–H groups in total. The van der Waals surface area contributed by atoms with Crippen LogP contribution in [0, 0.1) is 11.3 Å². The second kappa shape index (κ2) is 7.95. The standard InChI is InChI=1S/C23H19N3O2/c24-14-18-15-26-23-20(21(18)25-12-7-13-27)19(16-8-3-1-4-9-16)22(28-23)17-10-5-2-6-11-17/h1-6,8-11,15,27H,7,12-13H2,(H,25,26). The molecule has 0 saturated carbocycles. The van der Waals surface area contributed by atoms with Crippen molar-refractivity contribution in [2.45, 2.75) is 6.42 Å². The summed E-state index contributed by atoms with van der Waals surface area (Å²) in [5.74, 6) is 0.717. The first-order valence-electron chi connectivity index (χ1n) is 9.14. The molecule has 0 unspecified atom stereocenters. The lowest BCUT2D eigenvalue weighted by Crippen LogP contribution is -2.06. The number of rotatable bonds is 6. The number of fused-ring (bicyclic) bond motifs is 1. The highest BCUT2D eigenvalue weighted by Crippen LogP contribution is 2.43. The molecule has 0 atom stereocenters. The van der Waals surface area contributed by atoms with Crippen molar-refractivity contribution >= 4 is 16.8 Å². The maximum absolute atomic E-state index is 9.61. The van der Waals surface area contributed by atoms with Crippen molar-refractivity contribution in [1.29, 1.82) is 5.26 Å². The molecule has 5 nitrogen and oxygen atoms in total. The van der Waals surface area contributed by atoms with Crippen LogP contribution in [-0.4, -0.2) is 23.2 Å². The van der Waals surface area contributed by atoms with Gasteiger partial charge in [-0.3, -0.25) is 0 Å². The molecule has 0 aliphatic rings. The Hall–Kier alpha value is -3.62. The van der Waals surface area contributed by atoms with Crippen molar-refractivity contribution in [2.75, 3.05) is 18.5 Å². The summed E-state index contributed by atoms with van der Waals surface area (Å²) in [6.45, 7) is 0.625. The van der Waals surface area contributed by atoms with Crippen LogP contribution in [0.3, 0.4) is 0 Å². The van der Waals surface area contributed by atoms with Gasteiger partial charge in [0.1, 0.15) is 11.8 Å². The molecule has 5 heteroatoms. The van der Waals surface area contributed by atoms with Crippen LogP contribution in [0.5, 0.6) is 0 Å². The summed E-state index contributed by atoms with van der Waals surface area (Å²) in [7, 11) is 0. The van der Waals surface area contributed by atoms with Crippen LogP contribution in [0.15, 0.2) is 71.3 Å². The molecular formula is C23H19N3O2. The lowest BCUT2D eigenvalue weighted by Gasteiger charge is -2.10. The number of aliphatic hydroxyl groups excluding tert-OH is 1. The average Bonchev–Trinajstić information content (AvgIpc) is 3.15. The fourth-order valence-electron chi connectivity index (χ4n) is 3.30. The Morgan fingerprint density at radius 1 is 1.00 bits per heavy atom. The number of aromatic nitrogens is 1. The van der Waals surface area contributed by atoms with Crippen LogP contribution < -0.4 is 5.32 Å². The van der Waals surface area contributed by atoms with Gasteiger partial charge in [0.05, 0.1) is 22.8 Å². The van der Waals surface area contributed by atoms with Gasteiger partial charge in [-0.05, 0) is 12.0 Å². The zero-order valence-electron chi connectivity index (χ0n) is 15.2. The molecule has 0 radical (unpaired) electrons. The van der Waals surface area contributed by atoms with Gasteiger partial charge < -0.3 is 14.8 Å². The third kappa shape index (κ3) is 3.22. The first-order valence-corrected chi connectivity index (χ1v) is 9.14. The van der Waals surface area contributed by atoms with Crippen LogP contribution >= 0.6 is 0 Å². The van der Waals surface area contributed by atoms with Crippen LogP contribution in [-0.2, 0) is 0 Å². The number of hydrogen-bond donors (Lipinski definition) is 2. The summed E-state index contributed by atoms with van der Waals surface area (Å²) in [6, 6.07) is 22.0. The topological polar surface area (TPSA) is 82.1 Å². The van der Waals surface area contributed by atoms with E-state index in [-0.39, 0.29) is 6.61 Å². The lowest BCUT2D eigenvalue weighted by atomic mass is 9.97. The van der Waals surface area contributed by atoms with Crippen LogP contribution in [0.4, 0.5) is 5.69 Å². The molecule has 0 aliphatic heterocycles. The predicted octanol–water partition coefficient (Wildman–Crippen LogP) is 4.83. The fraction of sp³-hybridized carbons (Fsp3) is 0.130. The molecule has 138 valence electrons. The molecule has 4 aromatic rings. The van der Waals surface area contributed by atoms with Crippen molar-refractivity contribution in [1.82, 2.24) is 4.98 Å². The number of hydrogen-bond acceptors (Lipinski definition) is 5. The van der Waals surface area contributed by atoms with E-state index in [0.29, 0.717) is 29.9 Å². The Labute approximate surface area is 162 Å². The maximum atomic E-state index is 9.61. The van der Waals surface area contributed by atoms with Crippen LogP contribution in [0.25, 0.3) is 33.6 Å². The van der Waals surface area contributed by atoms with Gasteiger partial charge in [0.15, 0.2) is 0 Å². The number of nitrogens with zero attached hydrogens (tertiary/aromatic N) is 2. The summed E-state index contributed by atoms with van der Waals surface area (Å²) in [5.41, 5.74) is 4.44. The maximum Gasteiger partial charge on any atom is 0.229 e. The SMILES string of the molecule is N#Cc1cnc2oc(-c3ccccc3)c(-c3ccccc3)c2c1NCCCO. The first-order chi connectivity index (χ1) is 13.8. The fourth-order valence-corrected chi connectivity index (χ4v) is 3.30. The minimum absolute atomic E-state index is 0.0787. The number of aliphatic hydroxyl groups is 1. The van der Waals surface area contributed by atoms with Crippen molar-refractivity contribution in [3.8, 4) is 28.5 Å². The van der Waals surface area contributed by atoms with Gasteiger partial charge in [-0.2, -0.15) is 5.26 Å². The molecule has 2 aromatic heterocycles. The molecule has 0 spiro atoms. The van der Waals surface area contributed by atoms with Gasteiger partial charge in [0.2, 0.25) is 5.71 Å². The Kier molecular flexibility index (Phi) is 5.05. The van der Waals surface area contributed by atoms with Gasteiger partial charge >= 0.3 is 0 Å². The van der Waals surface area contributed by atoms with E-state index >= 15 is 0 Å². The van der Waals surface area contributed by atoms with E-state index in [1.54, 1.807) is 0 Å². The molecule has 0 bridgehead atoms. The molecule has 0 fully saturated rings. The monoisotopic (exact) mass is 369 g/mol. The van der Waals surface area contributed by atoms with Crippen molar-refractivity contribution in [3.63, 3.8) is 0 Å². The van der Waals surface area contributed by atoms with E-state index in [0.717, 1.165) is 27.8 Å². The highest BCUT2D eigenvalue weighted by atomic mass is 16.3. The smallest absolute Gasteiger partial charge is 0.229 e. The molecule has 0 aliphatic carbocycles. The molecular weight excluding hydrogens is 350 g/mol. The Morgan fingerprint density at radius 2 is 1.68 bits per heavy atom. The molecule has 4 rings (SSSR count). The number of nitrogens with one attached hydrogen (secondary N) is 1. The third-order valence-corrected chi connectivity index (χ3v) is 4.58. The van der Waals surface area contributed by atoms with Crippen LogP contribution in [0.2, 0.25) is 0 Å². The largest absolute Gasteiger partial charge is 0.437 e. The van der Waals surface area contributed by atoms with E-state index in [2.05, 4.69) is 16.4 Å². The minimum Gasteiger partial charge on any atom is -0.437 e. The van der Waals surface area contributed by atoms with Crippen molar-refractivity contribution in [2.24, 2.45) is 0 Å². The lowest BCUT2D eigenvalue weighted by molar-refractivity contribution is 0.292. The number of nitriles is 1. The first kappa shape index (κ1) is 17.8. The predicted molar refractivity (Wildman–Crippen MR) is 110 cm³/mol. The summed E-state index contributed by atoms with van der Waals surface area (Å²) >= 11 is 0. The number of pyridine rings is 1. The molecule has 2 aromatic carbocycles. The highest BCUT2D eigenvalue weighted by Gasteiger charge is 2.23. The third-order valence-electron chi connectivity index (χ3n) is 4.58. The Bertz CT molecular complexity index is 1130. The van der Waals surface area contributed by atoms with Gasteiger partial charge in [0.25, 0.3) is 0 Å². The van der Waals surface area contributed by atoms with Crippen molar-refractivity contribution < 1.29 is 9.52 Å². The van der Waals surface area contributed by atoms with Crippen molar-refractivity contribution in [3.05, 3.63) is 72.4 Å². The summed E-state index contributed by atoms with van der Waals surface area (Å²) in [4.78, 5) is 4.39. The summed E-state index contributed by atoms with van der Waals surface area (Å²) in [6.07, 6.45) is 2.11. The molecule has 0 amide bonds. The molecule has 2 heterocycles. The number of anilines is 1. The highest BCUT2D eigenvalue weighted by molar-refractivity contribution is 6.08. The number of benzene rings is 2. The minimum atomic E-state index is 0.0787. The molecule has 28 heavy (non-hydrogen) atoms. The van der Waals surface area contributed by atoms with E-state index < -0.39 is 0 Å². The van der Waals surface area contributed by atoms with Gasteiger partial charge in [0, 0.05) is 24.3 Å². The van der Waals surface area contributed by atoms with Gasteiger partial charge in [-0.1, -0.05) is 60.7 Å². The number of furan rings is 1. The van der Waals surface area contributed by atoms with Crippen LogP contribution in [0.1, 0.15) is 12.0 Å². The van der Waals surface area contributed by atoms with E-state index in [4.69, 9.17) is 9.52 Å². The Morgan fingerprint density at radius 3 is 2.32 bits per heavy atom. The van der Waals surface area contributed by atoms with E-state index in [9.17, 15) is 5.26 Å². The summed E-state index contributed by atoms with van der Waals surface area (Å²) in [5, 5.41) is 22.8. The second-order valence-corrected chi connectivity index (χ2v) is 6.38. The van der Waals surface area contributed by atoms with Gasteiger partial charge in [-0.15, -0.1) is 0 Å². The normalized spacial score (nSPS) is 10.7. The quantitative estimate of drug-likeness (QED) is 0.476. The Balaban J connectivity index is 2.03.